The fourth-order valence-corrected chi connectivity index (χ4v) is 15.7. The van der Waals surface area contributed by atoms with Crippen molar-refractivity contribution in [3.63, 3.8) is 0 Å². The first kappa shape index (κ1) is 58.3. The lowest BCUT2D eigenvalue weighted by molar-refractivity contribution is 1.17. The van der Waals surface area contributed by atoms with Crippen molar-refractivity contribution in [3.8, 4) is 78.9 Å². The van der Waals surface area contributed by atoms with Gasteiger partial charge in [0, 0.05) is 88.1 Å². The van der Waals surface area contributed by atoms with E-state index in [2.05, 4.69) is 358 Å². The summed E-state index contributed by atoms with van der Waals surface area (Å²) in [5.74, 6) is 0. The van der Waals surface area contributed by atoms with Crippen LogP contribution in [-0.4, -0.2) is 38.2 Å². The molecule has 8 nitrogen and oxygen atoms in total. The van der Waals surface area contributed by atoms with Gasteiger partial charge in [0.1, 0.15) is 0 Å². The minimum absolute atomic E-state index is 0.860. The van der Waals surface area contributed by atoms with Crippen molar-refractivity contribution in [2.45, 2.75) is 0 Å². The van der Waals surface area contributed by atoms with E-state index in [9.17, 15) is 0 Å². The highest BCUT2D eigenvalue weighted by Gasteiger charge is 2.24. The van der Waals surface area contributed by atoms with Crippen LogP contribution in [0.4, 0.5) is 0 Å². The van der Waals surface area contributed by atoms with E-state index in [0.29, 0.717) is 0 Å². The van der Waals surface area contributed by atoms with E-state index in [1.54, 1.807) is 0 Å². The minimum Gasteiger partial charge on any atom is -0.309 e. The second-order valence-electron chi connectivity index (χ2n) is 26.0. The molecule has 476 valence electrons. The molecule has 0 bridgehead atoms. The molecule has 0 aliphatic carbocycles. The van der Waals surface area contributed by atoms with Gasteiger partial charge in [0.15, 0.2) is 0 Å². The molecule has 0 saturated heterocycles. The van der Waals surface area contributed by atoms with Crippen LogP contribution in [0.3, 0.4) is 0 Å². The molecule has 0 aliphatic rings. The van der Waals surface area contributed by atoms with E-state index in [1.807, 2.05) is 24.3 Å². The fourth-order valence-electron chi connectivity index (χ4n) is 15.7. The topological polar surface area (TPSA) is 71.3 Å². The molecule has 0 unspecified atom stereocenters. The number of para-hydroxylation sites is 6. The van der Waals surface area contributed by atoms with Crippen LogP contribution in [0.1, 0.15) is 0 Å². The molecule has 0 aliphatic heterocycles. The smallest absolute Gasteiger partial charge is 0.0973 e. The third-order valence-corrected chi connectivity index (χ3v) is 20.2. The van der Waals surface area contributed by atoms with Crippen molar-refractivity contribution < 1.29 is 0 Å². The van der Waals surface area contributed by atoms with Gasteiger partial charge in [-0.3, -0.25) is 0 Å². The second-order valence-corrected chi connectivity index (χ2v) is 26.0. The van der Waals surface area contributed by atoms with Crippen LogP contribution in [0.25, 0.3) is 188 Å². The van der Waals surface area contributed by atoms with Crippen molar-refractivity contribution >= 4 is 109 Å². The van der Waals surface area contributed by atoms with Crippen molar-refractivity contribution in [1.82, 2.24) is 38.2 Å². The molecule has 6 heterocycles. The Morgan fingerprint density at radius 3 is 0.794 bits per heavy atom. The molecule has 0 spiro atoms. The summed E-state index contributed by atoms with van der Waals surface area (Å²) in [4.78, 5) is 21.0. The van der Waals surface area contributed by atoms with Crippen LogP contribution >= 0.6 is 0 Å². The van der Waals surface area contributed by atoms with Crippen molar-refractivity contribution in [1.29, 1.82) is 0 Å². The van der Waals surface area contributed by atoms with Gasteiger partial charge in [0.05, 0.1) is 89.0 Å². The lowest BCUT2D eigenvalue weighted by atomic mass is 10.0. The first-order valence-corrected chi connectivity index (χ1v) is 34.6. The van der Waals surface area contributed by atoms with Gasteiger partial charge in [-0.2, -0.15) is 0 Å². The second kappa shape index (κ2) is 24.0. The van der Waals surface area contributed by atoms with Gasteiger partial charge >= 0.3 is 0 Å². The van der Waals surface area contributed by atoms with E-state index >= 15 is 0 Å². The van der Waals surface area contributed by atoms with Gasteiger partial charge in [0.2, 0.25) is 0 Å². The summed E-state index contributed by atoms with van der Waals surface area (Å²) in [5.41, 5.74) is 27.4. The zero-order valence-electron chi connectivity index (χ0n) is 55.2. The Morgan fingerprint density at radius 2 is 0.422 bits per heavy atom. The molecule has 0 atom stereocenters. The number of benzene rings is 15. The molecule has 0 saturated carbocycles. The van der Waals surface area contributed by atoms with E-state index in [4.69, 9.17) is 19.9 Å². The molecule has 6 aromatic heterocycles. The summed E-state index contributed by atoms with van der Waals surface area (Å²) in [7, 11) is 0. The molecule has 0 fully saturated rings. The Bertz CT molecular complexity index is 6840. The maximum Gasteiger partial charge on any atom is 0.0973 e. The third-order valence-electron chi connectivity index (χ3n) is 20.2. The molecular formula is C94H60N8. The zero-order chi connectivity index (χ0) is 67.2. The molecule has 0 radical (unpaired) electrons. The van der Waals surface area contributed by atoms with Crippen LogP contribution in [0.15, 0.2) is 364 Å². The Labute approximate surface area is 586 Å². The summed E-state index contributed by atoms with van der Waals surface area (Å²) in [6, 6.07) is 129. The van der Waals surface area contributed by atoms with Gasteiger partial charge < -0.3 is 18.3 Å². The van der Waals surface area contributed by atoms with Gasteiger partial charge in [-0.15, -0.1) is 0 Å². The van der Waals surface area contributed by atoms with Gasteiger partial charge in [-0.1, -0.05) is 249 Å². The number of fused-ring (bicyclic) bond motifs is 16. The standard InChI is InChI=1S/C50H32N4.C44H28N4/c1-4-15-33(16-5-1)49-50(34-17-6-2-7-18-34)52-42-32-36(27-28-41(42)51-49)35-19-14-22-38(31-35)54-44-26-13-11-24-40(44)48-46(54)30-29-45-47(48)39-23-10-12-25-43(39)53(45)37-20-8-3-9-21-37;1-4-14-29(15-5-1)43-44(30-16-6-2-7-17-30)46-36-28-32(24-25-35(36)45-43)48-38-23-13-11-21-34(38)42-40(48)27-26-39-41(42)33-20-10-12-22-37(33)47(39)31-18-8-3-9-19-31/h1-32H;1-28H. The van der Waals surface area contributed by atoms with Crippen LogP contribution in [0.5, 0.6) is 0 Å². The lowest BCUT2D eigenvalue weighted by Crippen LogP contribution is -1.98. The van der Waals surface area contributed by atoms with E-state index < -0.39 is 0 Å². The predicted molar refractivity (Wildman–Crippen MR) is 424 cm³/mol. The Kier molecular flexibility index (Phi) is 13.7. The molecule has 8 heteroatoms. The third kappa shape index (κ3) is 9.53. The number of hydrogen-bond acceptors (Lipinski definition) is 4. The molecule has 15 aromatic carbocycles. The maximum atomic E-state index is 5.30. The van der Waals surface area contributed by atoms with Crippen LogP contribution in [0, 0.1) is 0 Å². The van der Waals surface area contributed by atoms with E-state index in [0.717, 1.165) is 112 Å². The average Bonchev–Trinajstić information content (AvgIpc) is 1.55. The highest BCUT2D eigenvalue weighted by atomic mass is 15.0. The Balaban J connectivity index is 0.000000138. The van der Waals surface area contributed by atoms with Crippen LogP contribution in [0.2, 0.25) is 0 Å². The highest BCUT2D eigenvalue weighted by molar-refractivity contribution is 6.30. The highest BCUT2D eigenvalue weighted by Crippen LogP contribution is 2.46. The van der Waals surface area contributed by atoms with E-state index in [-0.39, 0.29) is 0 Å². The predicted octanol–water partition coefficient (Wildman–Crippen LogP) is 24.0. The van der Waals surface area contributed by atoms with Crippen molar-refractivity contribution in [2.24, 2.45) is 0 Å². The first-order chi connectivity index (χ1) is 50.6. The molecule has 0 N–H and O–H groups in total. The van der Waals surface area contributed by atoms with Crippen molar-refractivity contribution in [2.75, 3.05) is 0 Å². The number of nitrogens with zero attached hydrogens (tertiary/aromatic N) is 8. The quantitative estimate of drug-likeness (QED) is 0.144. The maximum absolute atomic E-state index is 5.30. The van der Waals surface area contributed by atoms with Crippen LogP contribution in [-0.2, 0) is 0 Å². The normalized spacial score (nSPS) is 11.7. The SMILES string of the molecule is c1ccc(-c2nc3ccc(-c4cccc(-n5c6ccccc6c6c7c8ccccc8n(-c8ccccc8)c7ccc65)c4)cc3nc2-c2ccccc2)cc1.c1ccc(-c2nc3ccc(-n4c5ccccc5c5c6c7ccccc7n(-c7ccccc7)c6ccc54)cc3nc2-c2ccccc2)cc1. The zero-order valence-corrected chi connectivity index (χ0v) is 55.2. The van der Waals surface area contributed by atoms with Crippen LogP contribution < -0.4 is 0 Å². The molecular weight excluding hydrogens is 1240 g/mol. The fraction of sp³-hybridized carbons (Fsp3) is 0. The molecule has 0 amide bonds. The molecule has 21 aromatic rings. The number of rotatable bonds is 9. The summed E-state index contributed by atoms with van der Waals surface area (Å²) in [6.07, 6.45) is 0. The Morgan fingerprint density at radius 1 is 0.157 bits per heavy atom. The number of hydrogen-bond donors (Lipinski definition) is 0. The molecule has 21 rings (SSSR count). The van der Waals surface area contributed by atoms with Gasteiger partial charge in [0.25, 0.3) is 0 Å². The lowest BCUT2D eigenvalue weighted by Gasteiger charge is -2.13. The van der Waals surface area contributed by atoms with Gasteiger partial charge in [-0.05, 0) is 126 Å². The van der Waals surface area contributed by atoms with E-state index in [1.165, 1.54) is 76.2 Å². The summed E-state index contributed by atoms with van der Waals surface area (Å²) >= 11 is 0. The summed E-state index contributed by atoms with van der Waals surface area (Å²) in [5, 5.41) is 10.0. The average molecular weight is 1300 g/mol. The first-order valence-electron chi connectivity index (χ1n) is 34.6. The molecule has 102 heavy (non-hydrogen) atoms. The minimum atomic E-state index is 0.860. The number of aromatic nitrogens is 8. The summed E-state index contributed by atoms with van der Waals surface area (Å²) in [6.45, 7) is 0. The largest absolute Gasteiger partial charge is 0.309 e. The van der Waals surface area contributed by atoms with Crippen molar-refractivity contribution in [3.05, 3.63) is 364 Å². The Hall–Kier alpha value is -13.8. The summed E-state index contributed by atoms with van der Waals surface area (Å²) < 4.78 is 9.58. The monoisotopic (exact) mass is 1300 g/mol. The van der Waals surface area contributed by atoms with Gasteiger partial charge in [-0.25, -0.2) is 19.9 Å².